The smallest absolute Gasteiger partial charge is 0.159 e. The average Bonchev–Trinajstić information content (AvgIpc) is 2.55. The first-order valence-electron chi connectivity index (χ1n) is 7.59. The van der Waals surface area contributed by atoms with Crippen molar-refractivity contribution in [1.29, 1.82) is 0 Å². The third-order valence-corrected chi connectivity index (χ3v) is 4.34. The number of hydrogen-bond acceptors (Lipinski definition) is 4. The third-order valence-electron chi connectivity index (χ3n) is 3.87. The summed E-state index contributed by atoms with van der Waals surface area (Å²) >= 11 is 6.36. The highest BCUT2D eigenvalue weighted by molar-refractivity contribution is 6.33. The Bertz CT molecular complexity index is 928. The Morgan fingerprint density at radius 3 is 2.42 bits per heavy atom. The van der Waals surface area contributed by atoms with Crippen LogP contribution in [0.15, 0.2) is 37.2 Å². The van der Waals surface area contributed by atoms with E-state index in [1.807, 2.05) is 25.1 Å². The number of hydrogen-bond donors (Lipinski definition) is 1. The topological polar surface area (TPSA) is 58.9 Å². The molecule has 0 aliphatic carbocycles. The van der Waals surface area contributed by atoms with E-state index in [1.54, 1.807) is 32.3 Å². The van der Waals surface area contributed by atoms with Crippen molar-refractivity contribution in [2.75, 3.05) is 0 Å². The maximum atomic E-state index is 9.96. The Labute approximate surface area is 145 Å². The van der Waals surface area contributed by atoms with Crippen LogP contribution in [0.2, 0.25) is 5.02 Å². The average molecular weight is 340 g/mol. The first-order chi connectivity index (χ1) is 11.3. The molecule has 0 saturated carbocycles. The van der Waals surface area contributed by atoms with Crippen LogP contribution in [-0.2, 0) is 5.60 Å². The van der Waals surface area contributed by atoms with Crippen LogP contribution < -0.4 is 0 Å². The molecule has 4 nitrogen and oxygen atoms in total. The van der Waals surface area contributed by atoms with Gasteiger partial charge in [0.1, 0.15) is 5.60 Å². The molecule has 0 spiro atoms. The molecule has 122 valence electrons. The van der Waals surface area contributed by atoms with Gasteiger partial charge in [0.2, 0.25) is 0 Å². The Morgan fingerprint density at radius 2 is 1.83 bits per heavy atom. The van der Waals surface area contributed by atoms with E-state index < -0.39 is 5.60 Å². The van der Waals surface area contributed by atoms with Crippen LogP contribution in [0.4, 0.5) is 0 Å². The number of nitrogens with zero attached hydrogens (tertiary/aromatic N) is 3. The molecular weight excluding hydrogens is 322 g/mol. The normalized spacial score (nSPS) is 11.7. The van der Waals surface area contributed by atoms with Crippen molar-refractivity contribution < 1.29 is 5.11 Å². The summed E-state index contributed by atoms with van der Waals surface area (Å²) in [6, 6.07) is 5.93. The van der Waals surface area contributed by atoms with Gasteiger partial charge in [-0.25, -0.2) is 9.97 Å². The summed E-state index contributed by atoms with van der Waals surface area (Å²) in [5.74, 6) is 0.388. The van der Waals surface area contributed by atoms with Gasteiger partial charge in [0.05, 0.1) is 16.2 Å². The highest BCUT2D eigenvalue weighted by Crippen LogP contribution is 2.31. The number of benzene rings is 1. The summed E-state index contributed by atoms with van der Waals surface area (Å²) in [6.45, 7) is 9.05. The molecule has 0 radical (unpaired) electrons. The van der Waals surface area contributed by atoms with Crippen molar-refractivity contribution in [2.24, 2.45) is 0 Å². The van der Waals surface area contributed by atoms with Gasteiger partial charge in [-0.2, -0.15) is 0 Å². The molecule has 3 aromatic rings. The van der Waals surface area contributed by atoms with E-state index in [4.69, 9.17) is 11.6 Å². The Kier molecular flexibility index (Phi) is 4.11. The molecule has 3 rings (SSSR count). The van der Waals surface area contributed by atoms with Gasteiger partial charge in [0.25, 0.3) is 0 Å². The second kappa shape index (κ2) is 5.96. The lowest BCUT2D eigenvalue weighted by atomic mass is 10.0. The molecule has 0 atom stereocenters. The lowest BCUT2D eigenvalue weighted by Gasteiger charge is -2.15. The van der Waals surface area contributed by atoms with E-state index in [2.05, 4.69) is 21.5 Å². The van der Waals surface area contributed by atoms with E-state index >= 15 is 0 Å². The predicted octanol–water partition coefficient (Wildman–Crippen LogP) is 4.52. The van der Waals surface area contributed by atoms with E-state index in [0.29, 0.717) is 10.8 Å². The molecule has 0 aliphatic heterocycles. The van der Waals surface area contributed by atoms with E-state index in [-0.39, 0.29) is 0 Å². The van der Waals surface area contributed by atoms with E-state index in [9.17, 15) is 5.11 Å². The van der Waals surface area contributed by atoms with Gasteiger partial charge < -0.3 is 5.11 Å². The molecule has 2 heterocycles. The molecule has 0 amide bonds. The minimum atomic E-state index is -1.06. The molecular formula is C19H18ClN3O. The van der Waals surface area contributed by atoms with E-state index in [1.165, 1.54) is 0 Å². The second-order valence-corrected chi connectivity index (χ2v) is 6.59. The molecule has 24 heavy (non-hydrogen) atoms. The Balaban J connectivity index is 2.14. The van der Waals surface area contributed by atoms with Gasteiger partial charge in [0, 0.05) is 28.9 Å². The first kappa shape index (κ1) is 16.6. The fourth-order valence-electron chi connectivity index (χ4n) is 2.56. The maximum absolute atomic E-state index is 9.96. The predicted molar refractivity (Wildman–Crippen MR) is 97.9 cm³/mol. The number of aliphatic hydroxyl groups is 1. The highest BCUT2D eigenvalue weighted by Gasteiger charge is 2.19. The van der Waals surface area contributed by atoms with Crippen molar-refractivity contribution in [2.45, 2.75) is 26.4 Å². The van der Waals surface area contributed by atoms with Gasteiger partial charge in [-0.1, -0.05) is 30.3 Å². The maximum Gasteiger partial charge on any atom is 0.159 e. The van der Waals surface area contributed by atoms with Crippen LogP contribution in [0.25, 0.3) is 28.1 Å². The number of aromatic nitrogens is 3. The number of pyridine rings is 1. The minimum Gasteiger partial charge on any atom is -0.382 e. The van der Waals surface area contributed by atoms with Crippen molar-refractivity contribution in [1.82, 2.24) is 15.0 Å². The molecule has 0 saturated heterocycles. The van der Waals surface area contributed by atoms with Crippen LogP contribution in [0, 0.1) is 6.92 Å². The fourth-order valence-corrected chi connectivity index (χ4v) is 2.79. The van der Waals surface area contributed by atoms with Crippen LogP contribution in [0.1, 0.15) is 30.9 Å². The van der Waals surface area contributed by atoms with Crippen molar-refractivity contribution in [3.63, 3.8) is 0 Å². The number of halogens is 1. The standard InChI is InChI=1S/C19H18ClN3O/c1-5-14-15-8-12(6-7-16(15)23-11(2)17(14)20)13-9-21-18(22-10-13)19(3,4)24/h5-10,24H,1H2,2-4H3. The molecule has 0 aliphatic rings. The lowest BCUT2D eigenvalue weighted by Crippen LogP contribution is -2.19. The number of rotatable bonds is 3. The zero-order valence-electron chi connectivity index (χ0n) is 13.8. The second-order valence-electron chi connectivity index (χ2n) is 6.22. The summed E-state index contributed by atoms with van der Waals surface area (Å²) in [4.78, 5) is 13.0. The SMILES string of the molecule is C=Cc1c(Cl)c(C)nc2ccc(-c3cnc(C(C)(C)O)nc3)cc12. The van der Waals surface area contributed by atoms with Gasteiger partial charge in [-0.05, 0) is 38.5 Å². The van der Waals surface area contributed by atoms with Crippen molar-refractivity contribution >= 4 is 28.6 Å². The fraction of sp³-hybridized carbons (Fsp3) is 0.211. The molecule has 1 N–H and O–H groups in total. The molecule has 1 aromatic carbocycles. The highest BCUT2D eigenvalue weighted by atomic mass is 35.5. The largest absolute Gasteiger partial charge is 0.382 e. The summed E-state index contributed by atoms with van der Waals surface area (Å²) in [5, 5.41) is 11.5. The Morgan fingerprint density at radius 1 is 1.17 bits per heavy atom. The minimum absolute atomic E-state index is 0.388. The Hall–Kier alpha value is -2.30. The number of aryl methyl sites for hydroxylation is 1. The summed E-state index contributed by atoms with van der Waals surface area (Å²) in [6.07, 6.45) is 5.16. The lowest BCUT2D eigenvalue weighted by molar-refractivity contribution is 0.0687. The van der Waals surface area contributed by atoms with Crippen LogP contribution in [0.5, 0.6) is 0 Å². The summed E-state index contributed by atoms with van der Waals surface area (Å²) < 4.78 is 0. The zero-order valence-corrected chi connectivity index (χ0v) is 14.6. The molecule has 2 aromatic heterocycles. The monoisotopic (exact) mass is 339 g/mol. The van der Waals surface area contributed by atoms with Gasteiger partial charge in [-0.15, -0.1) is 0 Å². The van der Waals surface area contributed by atoms with Gasteiger partial charge >= 0.3 is 0 Å². The quantitative estimate of drug-likeness (QED) is 0.762. The molecule has 0 unspecified atom stereocenters. The molecule has 0 bridgehead atoms. The van der Waals surface area contributed by atoms with Crippen LogP contribution >= 0.6 is 11.6 Å². The van der Waals surface area contributed by atoms with Crippen molar-refractivity contribution in [3.05, 3.63) is 59.3 Å². The third kappa shape index (κ3) is 2.90. The van der Waals surface area contributed by atoms with Gasteiger partial charge in [-0.3, -0.25) is 4.98 Å². The first-order valence-corrected chi connectivity index (χ1v) is 7.96. The van der Waals surface area contributed by atoms with Gasteiger partial charge in [0.15, 0.2) is 5.82 Å². The van der Waals surface area contributed by atoms with Crippen LogP contribution in [-0.4, -0.2) is 20.1 Å². The van der Waals surface area contributed by atoms with Crippen LogP contribution in [0.3, 0.4) is 0 Å². The number of fused-ring (bicyclic) bond motifs is 1. The summed E-state index contributed by atoms with van der Waals surface area (Å²) in [5.41, 5.74) is 3.27. The molecule has 5 heteroatoms. The molecule has 0 fully saturated rings. The van der Waals surface area contributed by atoms with Crippen molar-refractivity contribution in [3.8, 4) is 11.1 Å². The summed E-state index contributed by atoms with van der Waals surface area (Å²) in [7, 11) is 0. The van der Waals surface area contributed by atoms with E-state index in [0.717, 1.165) is 33.3 Å². The zero-order chi connectivity index (χ0) is 17.5.